The second-order valence-corrected chi connectivity index (χ2v) is 5.33. The maximum atomic E-state index is 11.2. The number of nitrogens with zero attached hydrogens (tertiary/aromatic N) is 4. The first-order chi connectivity index (χ1) is 8.59. The molecule has 0 radical (unpaired) electrons. The molecule has 1 fully saturated rings. The average molecular weight is 267 g/mol. The van der Waals surface area contributed by atoms with Gasteiger partial charge in [0.15, 0.2) is 0 Å². The lowest BCUT2D eigenvalue weighted by Crippen LogP contribution is -2.37. The summed E-state index contributed by atoms with van der Waals surface area (Å²) in [5, 5.41) is 13.0. The molecule has 2 unspecified atom stereocenters. The maximum Gasteiger partial charge on any atom is 0.373 e. The molecule has 0 aliphatic carbocycles. The van der Waals surface area contributed by atoms with Crippen LogP contribution >= 0.6 is 11.3 Å². The Hall–Kier alpha value is -1.67. The zero-order valence-electron chi connectivity index (χ0n) is 9.81. The summed E-state index contributed by atoms with van der Waals surface area (Å²) in [5.41, 5.74) is 5.96. The smallest absolute Gasteiger partial charge is 0.358 e. The molecule has 3 rings (SSSR count). The lowest BCUT2D eigenvalue weighted by molar-refractivity contribution is -0.389. The highest BCUT2D eigenvalue weighted by atomic mass is 32.1. The lowest BCUT2D eigenvalue weighted by atomic mass is 10.2. The summed E-state index contributed by atoms with van der Waals surface area (Å²) in [5.74, 6) is 0.472. The number of rotatable bonds is 2. The fourth-order valence-corrected chi connectivity index (χ4v) is 3.09. The van der Waals surface area contributed by atoms with Crippen LogP contribution in [-0.2, 0) is 0 Å². The molecule has 18 heavy (non-hydrogen) atoms. The third-order valence-corrected chi connectivity index (χ3v) is 4.24. The molecule has 1 saturated heterocycles. The van der Waals surface area contributed by atoms with Gasteiger partial charge < -0.3 is 20.7 Å². The van der Waals surface area contributed by atoms with Gasteiger partial charge in [0, 0.05) is 24.0 Å². The third kappa shape index (κ3) is 1.49. The van der Waals surface area contributed by atoms with Gasteiger partial charge in [-0.25, -0.2) is 0 Å². The fraction of sp³-hybridized carbons (Fsp3) is 0.500. The van der Waals surface area contributed by atoms with E-state index in [0.29, 0.717) is 17.3 Å². The minimum Gasteiger partial charge on any atom is -0.358 e. The van der Waals surface area contributed by atoms with Crippen LogP contribution in [0.15, 0.2) is 11.6 Å². The molecule has 7 nitrogen and oxygen atoms in total. The summed E-state index contributed by atoms with van der Waals surface area (Å²) in [6, 6.07) is 0.123. The predicted octanol–water partition coefficient (Wildman–Crippen LogP) is 1.23. The van der Waals surface area contributed by atoms with Gasteiger partial charge in [0.25, 0.3) is 4.96 Å². The quantitative estimate of drug-likeness (QED) is 0.653. The minimum atomic E-state index is -0.376. The van der Waals surface area contributed by atoms with E-state index in [-0.39, 0.29) is 22.8 Å². The lowest BCUT2D eigenvalue weighted by Gasteiger charge is -2.22. The van der Waals surface area contributed by atoms with Crippen molar-refractivity contribution in [3.63, 3.8) is 0 Å². The van der Waals surface area contributed by atoms with E-state index in [4.69, 9.17) is 5.73 Å². The Kier molecular flexibility index (Phi) is 2.49. The molecule has 2 atom stereocenters. The van der Waals surface area contributed by atoms with Gasteiger partial charge >= 0.3 is 5.82 Å². The van der Waals surface area contributed by atoms with E-state index in [0.717, 1.165) is 6.42 Å². The van der Waals surface area contributed by atoms with Crippen molar-refractivity contribution in [1.82, 2.24) is 9.38 Å². The van der Waals surface area contributed by atoms with E-state index in [1.807, 2.05) is 11.8 Å². The number of nitro groups is 1. The molecule has 2 aromatic rings. The van der Waals surface area contributed by atoms with E-state index >= 15 is 0 Å². The number of thiazole rings is 1. The average Bonchev–Trinajstić information content (AvgIpc) is 2.94. The fourth-order valence-electron chi connectivity index (χ4n) is 2.39. The van der Waals surface area contributed by atoms with Gasteiger partial charge in [0.1, 0.15) is 6.20 Å². The third-order valence-electron chi connectivity index (χ3n) is 3.48. The first-order valence-electron chi connectivity index (χ1n) is 5.71. The Morgan fingerprint density at radius 3 is 3.06 bits per heavy atom. The predicted molar refractivity (Wildman–Crippen MR) is 69.1 cm³/mol. The van der Waals surface area contributed by atoms with Gasteiger partial charge in [-0.3, -0.25) is 0 Å². The molecule has 0 saturated carbocycles. The standard InChI is InChI=1S/C10H13N5O2S/c1-6-7(11)2-3-13(6)8-9(15(16)17)14-4-5-18-10(14)12-8/h4-7H,2-3,11H2,1H3. The van der Waals surface area contributed by atoms with Crippen molar-refractivity contribution in [3.05, 3.63) is 21.7 Å². The van der Waals surface area contributed by atoms with Gasteiger partial charge in [-0.2, -0.15) is 9.38 Å². The highest BCUT2D eigenvalue weighted by Crippen LogP contribution is 2.34. The molecular weight excluding hydrogens is 254 g/mol. The summed E-state index contributed by atoms with van der Waals surface area (Å²) in [7, 11) is 0. The number of aromatic nitrogens is 2. The van der Waals surface area contributed by atoms with Gasteiger partial charge in [-0.15, -0.1) is 0 Å². The van der Waals surface area contributed by atoms with Crippen molar-refractivity contribution in [3.8, 4) is 0 Å². The van der Waals surface area contributed by atoms with Crippen molar-refractivity contribution >= 4 is 27.9 Å². The zero-order chi connectivity index (χ0) is 12.9. The van der Waals surface area contributed by atoms with Crippen molar-refractivity contribution in [2.24, 2.45) is 5.73 Å². The maximum absolute atomic E-state index is 11.2. The van der Waals surface area contributed by atoms with Crippen molar-refractivity contribution < 1.29 is 4.92 Å². The molecular formula is C10H13N5O2S. The van der Waals surface area contributed by atoms with E-state index in [1.165, 1.54) is 15.7 Å². The Balaban J connectivity index is 2.14. The number of hydrogen-bond donors (Lipinski definition) is 1. The van der Waals surface area contributed by atoms with Crippen LogP contribution < -0.4 is 10.6 Å². The van der Waals surface area contributed by atoms with Crippen molar-refractivity contribution in [2.75, 3.05) is 11.4 Å². The van der Waals surface area contributed by atoms with Gasteiger partial charge in [-0.05, 0) is 18.3 Å². The number of nitrogens with two attached hydrogens (primary N) is 1. The first-order valence-corrected chi connectivity index (χ1v) is 6.59. The van der Waals surface area contributed by atoms with Crippen LogP contribution in [0.25, 0.3) is 4.96 Å². The number of imidazole rings is 1. The topological polar surface area (TPSA) is 89.7 Å². The summed E-state index contributed by atoms with van der Waals surface area (Å²) < 4.78 is 1.52. The molecule has 3 heterocycles. The summed E-state index contributed by atoms with van der Waals surface area (Å²) in [4.78, 5) is 17.8. The molecule has 0 amide bonds. The van der Waals surface area contributed by atoms with Crippen LogP contribution in [-0.4, -0.2) is 32.9 Å². The molecule has 2 N–H and O–H groups in total. The number of anilines is 1. The second-order valence-electron chi connectivity index (χ2n) is 4.46. The molecule has 1 aliphatic rings. The van der Waals surface area contributed by atoms with Crippen molar-refractivity contribution in [1.29, 1.82) is 0 Å². The molecule has 96 valence electrons. The Morgan fingerprint density at radius 1 is 1.67 bits per heavy atom. The molecule has 0 aromatic carbocycles. The van der Waals surface area contributed by atoms with E-state index in [1.54, 1.807) is 11.6 Å². The second kappa shape index (κ2) is 3.92. The Bertz CT molecular complexity index is 606. The van der Waals surface area contributed by atoms with Gasteiger partial charge in [0.2, 0.25) is 5.82 Å². The van der Waals surface area contributed by atoms with Crippen LogP contribution in [0.5, 0.6) is 0 Å². The Morgan fingerprint density at radius 2 is 2.44 bits per heavy atom. The van der Waals surface area contributed by atoms with Crippen LogP contribution in [0.1, 0.15) is 13.3 Å². The minimum absolute atomic E-state index is 0.0344. The molecule has 8 heteroatoms. The monoisotopic (exact) mass is 267 g/mol. The van der Waals surface area contributed by atoms with E-state index in [9.17, 15) is 10.1 Å². The van der Waals surface area contributed by atoms with Crippen LogP contribution in [0.2, 0.25) is 0 Å². The van der Waals surface area contributed by atoms with E-state index < -0.39 is 0 Å². The van der Waals surface area contributed by atoms with Crippen LogP contribution in [0, 0.1) is 10.1 Å². The molecule has 0 spiro atoms. The zero-order valence-corrected chi connectivity index (χ0v) is 10.6. The molecule has 1 aliphatic heterocycles. The molecule has 0 bridgehead atoms. The Labute approximate surface area is 107 Å². The largest absolute Gasteiger partial charge is 0.373 e. The summed E-state index contributed by atoms with van der Waals surface area (Å²) >= 11 is 1.39. The van der Waals surface area contributed by atoms with Gasteiger partial charge in [0.05, 0.1) is 0 Å². The van der Waals surface area contributed by atoms with E-state index in [2.05, 4.69) is 4.98 Å². The van der Waals surface area contributed by atoms with Crippen LogP contribution in [0.4, 0.5) is 11.6 Å². The van der Waals surface area contributed by atoms with Crippen LogP contribution in [0.3, 0.4) is 0 Å². The first kappa shape index (κ1) is 11.4. The normalized spacial score (nSPS) is 24.0. The highest BCUT2D eigenvalue weighted by molar-refractivity contribution is 7.15. The van der Waals surface area contributed by atoms with Gasteiger partial charge in [-0.1, -0.05) is 11.3 Å². The highest BCUT2D eigenvalue weighted by Gasteiger charge is 2.35. The summed E-state index contributed by atoms with van der Waals surface area (Å²) in [6.45, 7) is 2.70. The number of fused-ring (bicyclic) bond motifs is 1. The SMILES string of the molecule is CC1C(N)CCN1c1nc2sccn2c1[N+](=O)[O-]. The molecule has 2 aromatic heterocycles. The van der Waals surface area contributed by atoms with Crippen molar-refractivity contribution in [2.45, 2.75) is 25.4 Å². The number of hydrogen-bond acceptors (Lipinski definition) is 6. The summed E-state index contributed by atoms with van der Waals surface area (Å²) in [6.07, 6.45) is 2.51.